The minimum absolute atomic E-state index is 0.261. The Kier molecular flexibility index (Phi) is 4.96. The highest BCUT2D eigenvalue weighted by Crippen LogP contribution is 2.21. The Labute approximate surface area is 158 Å². The van der Waals surface area contributed by atoms with Crippen LogP contribution in [0.1, 0.15) is 27.7 Å². The topological polar surface area (TPSA) is 60.1 Å². The molecule has 3 rings (SSSR count). The van der Waals surface area contributed by atoms with Crippen LogP contribution in [-0.2, 0) is 6.54 Å². The molecule has 0 saturated carbocycles. The van der Waals surface area contributed by atoms with Crippen molar-refractivity contribution < 1.29 is 9.21 Å². The molecule has 0 aliphatic heterocycles. The number of nitrogens with zero attached hydrogens (tertiary/aromatic N) is 2. The fraction of sp³-hybridized carbons (Fsp3) is 0.176. The van der Waals surface area contributed by atoms with E-state index in [0.717, 1.165) is 20.6 Å². The second-order valence-corrected chi connectivity index (χ2v) is 6.88. The molecule has 5 nitrogen and oxygen atoms in total. The molecule has 0 aliphatic rings. The predicted octanol–water partition coefficient (Wildman–Crippen LogP) is 4.65. The highest BCUT2D eigenvalue weighted by atomic mass is 127. The van der Waals surface area contributed by atoms with Crippen LogP contribution in [0.25, 0.3) is 0 Å². The van der Waals surface area contributed by atoms with Gasteiger partial charge in [-0.2, -0.15) is 5.10 Å². The van der Waals surface area contributed by atoms with Gasteiger partial charge in [-0.15, -0.1) is 0 Å². The van der Waals surface area contributed by atoms with Crippen LogP contribution in [0.2, 0.25) is 5.02 Å². The smallest absolute Gasteiger partial charge is 0.291 e. The van der Waals surface area contributed by atoms with Crippen LogP contribution in [0.5, 0.6) is 0 Å². The molecule has 0 fully saturated rings. The maximum Gasteiger partial charge on any atom is 0.291 e. The Bertz CT molecular complexity index is 901. The number of carbonyl (C=O) groups is 1. The van der Waals surface area contributed by atoms with Gasteiger partial charge in [-0.3, -0.25) is 9.48 Å². The number of anilines is 1. The maximum absolute atomic E-state index is 12.3. The molecule has 2 heterocycles. The number of para-hydroxylation sites is 1. The van der Waals surface area contributed by atoms with Crippen molar-refractivity contribution in [2.24, 2.45) is 0 Å². The molecular weight excluding hydrogens is 441 g/mol. The summed E-state index contributed by atoms with van der Waals surface area (Å²) in [5.74, 6) is 0.624. The summed E-state index contributed by atoms with van der Waals surface area (Å²) in [6.07, 6.45) is 0. The van der Waals surface area contributed by atoms with E-state index in [1.807, 2.05) is 38.1 Å². The largest absolute Gasteiger partial charge is 0.454 e. The number of nitrogens with one attached hydrogen (secondary N) is 1. The Morgan fingerprint density at radius 3 is 2.71 bits per heavy atom. The van der Waals surface area contributed by atoms with Gasteiger partial charge in [0.15, 0.2) is 5.76 Å². The molecule has 0 saturated heterocycles. The molecule has 1 aromatic carbocycles. The van der Waals surface area contributed by atoms with E-state index in [-0.39, 0.29) is 11.7 Å². The van der Waals surface area contributed by atoms with Crippen molar-refractivity contribution in [1.29, 1.82) is 0 Å². The van der Waals surface area contributed by atoms with Gasteiger partial charge in [-0.25, -0.2) is 0 Å². The summed E-state index contributed by atoms with van der Waals surface area (Å²) in [6.45, 7) is 4.18. The molecule has 124 valence electrons. The lowest BCUT2D eigenvalue weighted by atomic mass is 10.3. The first-order valence-corrected chi connectivity index (χ1v) is 8.75. The van der Waals surface area contributed by atoms with Crippen molar-refractivity contribution in [3.05, 3.63) is 67.9 Å². The van der Waals surface area contributed by atoms with Gasteiger partial charge in [-0.05, 0) is 60.7 Å². The number of aryl methyl sites for hydroxylation is 1. The normalized spacial score (nSPS) is 10.8. The second kappa shape index (κ2) is 6.98. The van der Waals surface area contributed by atoms with Crippen molar-refractivity contribution in [2.75, 3.05) is 5.32 Å². The summed E-state index contributed by atoms with van der Waals surface area (Å²) in [6, 6.07) is 11.0. The molecule has 7 heteroatoms. The van der Waals surface area contributed by atoms with Gasteiger partial charge in [0.1, 0.15) is 5.76 Å². The van der Waals surface area contributed by atoms with Crippen LogP contribution < -0.4 is 5.32 Å². The van der Waals surface area contributed by atoms with Crippen LogP contribution in [0.3, 0.4) is 0 Å². The lowest BCUT2D eigenvalue weighted by Gasteiger charge is -2.05. The van der Waals surface area contributed by atoms with E-state index < -0.39 is 0 Å². The molecule has 3 aromatic rings. The second-order valence-electron chi connectivity index (χ2n) is 5.34. The number of hydrogen-bond donors (Lipinski definition) is 1. The molecule has 0 unspecified atom stereocenters. The quantitative estimate of drug-likeness (QED) is 0.583. The van der Waals surface area contributed by atoms with Gasteiger partial charge in [0.25, 0.3) is 5.91 Å². The number of aromatic nitrogens is 2. The van der Waals surface area contributed by atoms with E-state index in [1.165, 1.54) is 0 Å². The van der Waals surface area contributed by atoms with Gasteiger partial charge < -0.3 is 9.73 Å². The first kappa shape index (κ1) is 17.0. The van der Waals surface area contributed by atoms with E-state index in [4.69, 9.17) is 16.0 Å². The zero-order chi connectivity index (χ0) is 17.3. The van der Waals surface area contributed by atoms with Crippen LogP contribution in [-0.4, -0.2) is 15.7 Å². The fourth-order valence-corrected chi connectivity index (χ4v) is 2.97. The summed E-state index contributed by atoms with van der Waals surface area (Å²) in [5, 5.41) is 7.86. The minimum Gasteiger partial charge on any atom is -0.454 e. The summed E-state index contributed by atoms with van der Waals surface area (Å²) in [4.78, 5) is 12.3. The third-order valence-corrected chi connectivity index (χ3v) is 5.09. The van der Waals surface area contributed by atoms with E-state index in [1.54, 1.807) is 16.8 Å². The average Bonchev–Trinajstić information content (AvgIpc) is 3.11. The minimum atomic E-state index is -0.281. The van der Waals surface area contributed by atoms with Crippen LogP contribution in [0.4, 0.5) is 5.69 Å². The standard InChI is InChI=1S/C17H15ClIN3O2/c1-10-16(18)11(2)22(21-10)9-12-7-8-15(24-12)17(23)20-14-6-4-3-5-13(14)19/h3-8H,9H2,1-2H3,(H,20,23). The Balaban J connectivity index is 1.74. The first-order chi connectivity index (χ1) is 11.5. The highest BCUT2D eigenvalue weighted by molar-refractivity contribution is 14.1. The van der Waals surface area contributed by atoms with E-state index in [0.29, 0.717) is 17.3 Å². The van der Waals surface area contributed by atoms with Crippen LogP contribution >= 0.6 is 34.2 Å². The number of hydrogen-bond acceptors (Lipinski definition) is 3. The molecule has 2 aromatic heterocycles. The Morgan fingerprint density at radius 2 is 2.04 bits per heavy atom. The molecule has 0 radical (unpaired) electrons. The van der Waals surface area contributed by atoms with Gasteiger partial charge in [0, 0.05) is 3.57 Å². The van der Waals surface area contributed by atoms with Gasteiger partial charge in [0.05, 0.1) is 28.6 Å². The van der Waals surface area contributed by atoms with Crippen molar-refractivity contribution in [1.82, 2.24) is 9.78 Å². The number of carbonyl (C=O) groups excluding carboxylic acids is 1. The monoisotopic (exact) mass is 455 g/mol. The zero-order valence-corrected chi connectivity index (χ0v) is 16.1. The molecule has 1 amide bonds. The third kappa shape index (κ3) is 3.49. The van der Waals surface area contributed by atoms with Crippen molar-refractivity contribution in [3.8, 4) is 0 Å². The number of furan rings is 1. The molecule has 0 spiro atoms. The van der Waals surface area contributed by atoms with E-state index >= 15 is 0 Å². The van der Waals surface area contributed by atoms with Crippen molar-refractivity contribution in [3.63, 3.8) is 0 Å². The SMILES string of the molecule is Cc1nn(Cc2ccc(C(=O)Nc3ccccc3I)o2)c(C)c1Cl. The Morgan fingerprint density at radius 1 is 1.29 bits per heavy atom. The zero-order valence-electron chi connectivity index (χ0n) is 13.1. The average molecular weight is 456 g/mol. The summed E-state index contributed by atoms with van der Waals surface area (Å²) in [5.41, 5.74) is 2.40. The lowest BCUT2D eigenvalue weighted by molar-refractivity contribution is 0.0994. The van der Waals surface area contributed by atoms with Gasteiger partial charge in [0.2, 0.25) is 0 Å². The summed E-state index contributed by atoms with van der Waals surface area (Å²) < 4.78 is 8.37. The van der Waals surface area contributed by atoms with E-state index in [9.17, 15) is 4.79 Å². The number of benzene rings is 1. The van der Waals surface area contributed by atoms with Gasteiger partial charge in [-0.1, -0.05) is 23.7 Å². The molecule has 0 atom stereocenters. The fourth-order valence-electron chi connectivity index (χ4n) is 2.31. The summed E-state index contributed by atoms with van der Waals surface area (Å²) in [7, 11) is 0. The summed E-state index contributed by atoms with van der Waals surface area (Å²) >= 11 is 8.32. The van der Waals surface area contributed by atoms with E-state index in [2.05, 4.69) is 33.0 Å². The molecule has 0 aliphatic carbocycles. The highest BCUT2D eigenvalue weighted by Gasteiger charge is 2.15. The number of rotatable bonds is 4. The first-order valence-electron chi connectivity index (χ1n) is 7.30. The van der Waals surface area contributed by atoms with Crippen molar-refractivity contribution in [2.45, 2.75) is 20.4 Å². The van der Waals surface area contributed by atoms with Crippen molar-refractivity contribution >= 4 is 45.8 Å². The number of halogens is 2. The van der Waals surface area contributed by atoms with Crippen LogP contribution in [0, 0.1) is 17.4 Å². The Hall–Kier alpha value is -1.80. The van der Waals surface area contributed by atoms with Gasteiger partial charge >= 0.3 is 0 Å². The predicted molar refractivity (Wildman–Crippen MR) is 102 cm³/mol. The van der Waals surface area contributed by atoms with Crippen LogP contribution in [0.15, 0.2) is 40.8 Å². The lowest BCUT2D eigenvalue weighted by Crippen LogP contribution is -2.11. The number of amides is 1. The molecule has 0 bridgehead atoms. The maximum atomic E-state index is 12.3. The third-order valence-electron chi connectivity index (χ3n) is 3.61. The molecule has 24 heavy (non-hydrogen) atoms. The molecule has 1 N–H and O–H groups in total. The molecular formula is C17H15ClIN3O2.